The van der Waals surface area contributed by atoms with E-state index in [1.54, 1.807) is 0 Å². The van der Waals surface area contributed by atoms with Gasteiger partial charge in [-0.25, -0.2) is 15.0 Å². The molecule has 2 aromatic heterocycles. The van der Waals surface area contributed by atoms with E-state index < -0.39 is 0 Å². The van der Waals surface area contributed by atoms with Crippen molar-refractivity contribution in [2.24, 2.45) is 0 Å². The fourth-order valence-electron chi connectivity index (χ4n) is 7.59. The average molecular weight is 729 g/mol. The van der Waals surface area contributed by atoms with Crippen LogP contribution in [0.1, 0.15) is 5.56 Å². The van der Waals surface area contributed by atoms with E-state index in [1.807, 2.05) is 97.1 Å². The van der Waals surface area contributed by atoms with Gasteiger partial charge in [0.05, 0.1) is 11.6 Å². The van der Waals surface area contributed by atoms with E-state index in [9.17, 15) is 5.26 Å². The van der Waals surface area contributed by atoms with Crippen molar-refractivity contribution in [1.29, 1.82) is 5.26 Å². The highest BCUT2D eigenvalue weighted by molar-refractivity contribution is 6.13. The molecule has 0 amide bonds. The lowest BCUT2D eigenvalue weighted by Gasteiger charge is -2.13. The minimum Gasteiger partial charge on any atom is -0.456 e. The van der Waals surface area contributed by atoms with Gasteiger partial charge in [0.1, 0.15) is 11.2 Å². The van der Waals surface area contributed by atoms with E-state index in [0.717, 1.165) is 77.6 Å². The lowest BCUT2D eigenvalue weighted by Crippen LogP contribution is -2.00. The maximum atomic E-state index is 10.0. The largest absolute Gasteiger partial charge is 0.456 e. The van der Waals surface area contributed by atoms with Crippen LogP contribution in [0.3, 0.4) is 0 Å². The molecule has 0 aliphatic rings. The zero-order valence-electron chi connectivity index (χ0n) is 30.7. The second kappa shape index (κ2) is 14.4. The molecule has 0 aliphatic heterocycles. The van der Waals surface area contributed by atoms with Gasteiger partial charge in [-0.3, -0.25) is 0 Å². The summed E-state index contributed by atoms with van der Waals surface area (Å²) in [6.45, 7) is 0. The second-order valence-corrected chi connectivity index (χ2v) is 13.9. The molecule has 2 heterocycles. The summed E-state index contributed by atoms with van der Waals surface area (Å²) in [5.41, 5.74) is 13.0. The highest BCUT2D eigenvalue weighted by Crippen LogP contribution is 2.40. The highest BCUT2D eigenvalue weighted by atomic mass is 16.3. The van der Waals surface area contributed by atoms with Crippen molar-refractivity contribution < 1.29 is 4.42 Å². The van der Waals surface area contributed by atoms with Gasteiger partial charge in [-0.1, -0.05) is 146 Å². The Bertz CT molecular complexity index is 3130. The minimum absolute atomic E-state index is 0.526. The SMILES string of the molecule is N#Cc1ccccc1-c1cc(-c2ccccc2)cc(-c2nc(-c3ccccc3)nc(-c3ccc4c(c3)oc3cccc(-c5cccc(-c6ccccc6)c5)c34)n2)c1. The summed E-state index contributed by atoms with van der Waals surface area (Å²) in [7, 11) is 0. The maximum absolute atomic E-state index is 10.0. The number of nitriles is 1. The molecule has 8 aromatic carbocycles. The van der Waals surface area contributed by atoms with Crippen LogP contribution in [-0.2, 0) is 0 Å². The van der Waals surface area contributed by atoms with Crippen LogP contribution in [0.4, 0.5) is 0 Å². The predicted octanol–water partition coefficient (Wildman–Crippen LogP) is 13.3. The molecule has 10 aromatic rings. The summed E-state index contributed by atoms with van der Waals surface area (Å²) in [6, 6.07) is 68.1. The quantitative estimate of drug-likeness (QED) is 0.163. The van der Waals surface area contributed by atoms with Crippen molar-refractivity contribution in [3.63, 3.8) is 0 Å². The van der Waals surface area contributed by atoms with Gasteiger partial charge in [0.2, 0.25) is 0 Å². The van der Waals surface area contributed by atoms with E-state index in [-0.39, 0.29) is 0 Å². The van der Waals surface area contributed by atoms with Gasteiger partial charge < -0.3 is 4.42 Å². The fraction of sp³-hybridized carbons (Fsp3) is 0. The molecule has 5 heteroatoms. The molecule has 0 aliphatic carbocycles. The van der Waals surface area contributed by atoms with Crippen LogP contribution in [0.15, 0.2) is 199 Å². The number of rotatable bonds is 7. The van der Waals surface area contributed by atoms with Crippen LogP contribution >= 0.6 is 0 Å². The second-order valence-electron chi connectivity index (χ2n) is 13.9. The van der Waals surface area contributed by atoms with Crippen molar-refractivity contribution in [3.8, 4) is 84.7 Å². The Morgan fingerprint density at radius 2 is 0.877 bits per heavy atom. The standard InChI is InChI=1S/C52H32N4O/c53-33-40-20-10-11-23-44(40)42-29-41(35-16-6-2-7-17-35)30-43(31-42)52-55-50(36-18-8-3-9-19-36)54-51(56-52)39-26-27-46-48(32-39)57-47-25-13-24-45(49(46)47)38-22-12-21-37(28-38)34-14-4-1-5-15-34/h1-32H. The number of benzene rings is 8. The first kappa shape index (κ1) is 33.6. The molecule has 10 rings (SSSR count). The minimum atomic E-state index is 0.526. The van der Waals surface area contributed by atoms with Crippen molar-refractivity contribution in [2.45, 2.75) is 0 Å². The summed E-state index contributed by atoms with van der Waals surface area (Å²) in [4.78, 5) is 15.3. The van der Waals surface area contributed by atoms with Crippen LogP contribution in [0.25, 0.3) is 101 Å². The molecule has 0 atom stereocenters. The van der Waals surface area contributed by atoms with Crippen molar-refractivity contribution in [1.82, 2.24) is 15.0 Å². The molecule has 0 radical (unpaired) electrons. The van der Waals surface area contributed by atoms with E-state index in [1.165, 1.54) is 5.56 Å². The van der Waals surface area contributed by atoms with E-state index >= 15 is 0 Å². The van der Waals surface area contributed by atoms with Crippen LogP contribution in [0.5, 0.6) is 0 Å². The third-order valence-electron chi connectivity index (χ3n) is 10.4. The number of nitrogens with zero attached hydrogens (tertiary/aromatic N) is 4. The normalized spacial score (nSPS) is 11.1. The molecule has 0 saturated carbocycles. The fourth-order valence-corrected chi connectivity index (χ4v) is 7.59. The first-order chi connectivity index (χ1) is 28.2. The maximum Gasteiger partial charge on any atom is 0.164 e. The molecular formula is C52H32N4O. The predicted molar refractivity (Wildman–Crippen MR) is 230 cm³/mol. The van der Waals surface area contributed by atoms with Gasteiger partial charge in [-0.15, -0.1) is 0 Å². The first-order valence-corrected chi connectivity index (χ1v) is 18.8. The van der Waals surface area contributed by atoms with Crippen LogP contribution < -0.4 is 0 Å². The van der Waals surface area contributed by atoms with E-state index in [4.69, 9.17) is 19.4 Å². The lowest BCUT2D eigenvalue weighted by molar-refractivity contribution is 0.669. The van der Waals surface area contributed by atoms with Gasteiger partial charge in [0, 0.05) is 27.5 Å². The Morgan fingerprint density at radius 3 is 1.61 bits per heavy atom. The van der Waals surface area contributed by atoms with Gasteiger partial charge >= 0.3 is 0 Å². The Kier molecular flexibility index (Phi) is 8.48. The Labute approximate surface area is 329 Å². The lowest BCUT2D eigenvalue weighted by atomic mass is 9.93. The first-order valence-electron chi connectivity index (χ1n) is 18.8. The van der Waals surface area contributed by atoms with Crippen LogP contribution in [0.2, 0.25) is 0 Å². The average Bonchev–Trinajstić information content (AvgIpc) is 3.68. The number of furan rings is 1. The van der Waals surface area contributed by atoms with Gasteiger partial charge in [0.25, 0.3) is 0 Å². The Morgan fingerprint density at radius 1 is 0.351 bits per heavy atom. The van der Waals surface area contributed by atoms with Crippen molar-refractivity contribution in [3.05, 3.63) is 200 Å². The monoisotopic (exact) mass is 728 g/mol. The molecule has 0 unspecified atom stereocenters. The molecule has 57 heavy (non-hydrogen) atoms. The summed E-state index contributed by atoms with van der Waals surface area (Å²) >= 11 is 0. The Hall–Kier alpha value is -7.94. The summed E-state index contributed by atoms with van der Waals surface area (Å²) < 4.78 is 6.58. The third-order valence-corrected chi connectivity index (χ3v) is 10.4. The molecule has 0 spiro atoms. The molecule has 5 nitrogen and oxygen atoms in total. The Balaban J connectivity index is 1.13. The molecule has 0 fully saturated rings. The third kappa shape index (κ3) is 6.42. The highest BCUT2D eigenvalue weighted by Gasteiger charge is 2.18. The number of aromatic nitrogens is 3. The molecule has 0 N–H and O–H groups in total. The number of fused-ring (bicyclic) bond motifs is 3. The van der Waals surface area contributed by atoms with Crippen molar-refractivity contribution >= 4 is 21.9 Å². The zero-order chi connectivity index (χ0) is 38.1. The van der Waals surface area contributed by atoms with E-state index in [0.29, 0.717) is 23.0 Å². The van der Waals surface area contributed by atoms with Gasteiger partial charge in [-0.2, -0.15) is 5.26 Å². The number of hydrogen-bond acceptors (Lipinski definition) is 5. The summed E-state index contributed by atoms with van der Waals surface area (Å²) in [6.07, 6.45) is 0. The molecule has 0 bridgehead atoms. The topological polar surface area (TPSA) is 75.6 Å². The van der Waals surface area contributed by atoms with Crippen molar-refractivity contribution in [2.75, 3.05) is 0 Å². The summed E-state index contributed by atoms with van der Waals surface area (Å²) in [5.74, 6) is 1.61. The van der Waals surface area contributed by atoms with Gasteiger partial charge in [-0.05, 0) is 93.0 Å². The van der Waals surface area contributed by atoms with Gasteiger partial charge in [0.15, 0.2) is 17.5 Å². The van der Waals surface area contributed by atoms with E-state index in [2.05, 4.69) is 103 Å². The molecule has 266 valence electrons. The molecular weight excluding hydrogens is 697 g/mol. The molecule has 0 saturated heterocycles. The smallest absolute Gasteiger partial charge is 0.164 e. The summed E-state index contributed by atoms with van der Waals surface area (Å²) in [5, 5.41) is 12.1. The zero-order valence-corrected chi connectivity index (χ0v) is 30.7. The van der Waals surface area contributed by atoms with Crippen LogP contribution in [-0.4, -0.2) is 15.0 Å². The number of hydrogen-bond donors (Lipinski definition) is 0. The van der Waals surface area contributed by atoms with Crippen LogP contribution in [0, 0.1) is 11.3 Å².